The molecular formula is C28H33N7O. The van der Waals surface area contributed by atoms with Gasteiger partial charge in [-0.05, 0) is 72.3 Å². The summed E-state index contributed by atoms with van der Waals surface area (Å²) in [7, 11) is 0. The number of aromatic nitrogens is 5. The van der Waals surface area contributed by atoms with E-state index < -0.39 is 0 Å². The number of nitrogens with one attached hydrogen (secondary N) is 1. The van der Waals surface area contributed by atoms with Crippen LogP contribution in [0.5, 0.6) is 0 Å². The Morgan fingerprint density at radius 3 is 2.47 bits per heavy atom. The average molecular weight is 484 g/mol. The van der Waals surface area contributed by atoms with Crippen LogP contribution in [-0.4, -0.2) is 56.3 Å². The summed E-state index contributed by atoms with van der Waals surface area (Å²) in [5.74, 6) is 0.782. The number of aryl methyl sites for hydroxylation is 2. The van der Waals surface area contributed by atoms with Crippen molar-refractivity contribution in [2.75, 3.05) is 31.1 Å². The summed E-state index contributed by atoms with van der Waals surface area (Å²) >= 11 is 0. The molecule has 1 N–H and O–H groups in total. The van der Waals surface area contributed by atoms with Crippen molar-refractivity contribution in [1.29, 1.82) is 0 Å². The van der Waals surface area contributed by atoms with Crippen LogP contribution in [0, 0.1) is 13.8 Å². The number of tetrazole rings is 1. The van der Waals surface area contributed by atoms with Gasteiger partial charge < -0.3 is 9.88 Å². The lowest BCUT2D eigenvalue weighted by molar-refractivity contribution is 0.197. The van der Waals surface area contributed by atoms with Gasteiger partial charge in [-0.2, -0.15) is 0 Å². The highest BCUT2D eigenvalue weighted by molar-refractivity contribution is 5.83. The summed E-state index contributed by atoms with van der Waals surface area (Å²) in [6, 6.07) is 16.9. The van der Waals surface area contributed by atoms with E-state index in [-0.39, 0.29) is 11.6 Å². The van der Waals surface area contributed by atoms with Crippen molar-refractivity contribution in [3.8, 4) is 0 Å². The average Bonchev–Trinajstić information content (AvgIpc) is 3.58. The Morgan fingerprint density at radius 1 is 0.972 bits per heavy atom. The number of nitrogens with zero attached hydrogens (tertiary/aromatic N) is 6. The molecule has 2 aromatic heterocycles. The van der Waals surface area contributed by atoms with E-state index in [4.69, 9.17) is 0 Å². The maximum Gasteiger partial charge on any atom is 0.253 e. The molecular weight excluding hydrogens is 450 g/mol. The third-order valence-corrected chi connectivity index (χ3v) is 7.85. The lowest BCUT2D eigenvalue weighted by Gasteiger charge is -2.39. The lowest BCUT2D eigenvalue weighted by Crippen LogP contribution is -2.49. The van der Waals surface area contributed by atoms with Crippen molar-refractivity contribution >= 4 is 16.6 Å². The first-order valence-electron chi connectivity index (χ1n) is 13.0. The van der Waals surface area contributed by atoms with E-state index in [1.165, 1.54) is 24.1 Å². The van der Waals surface area contributed by atoms with E-state index in [0.29, 0.717) is 6.04 Å². The van der Waals surface area contributed by atoms with Crippen molar-refractivity contribution in [2.24, 2.45) is 0 Å². The van der Waals surface area contributed by atoms with Gasteiger partial charge in [0.1, 0.15) is 6.04 Å². The Kier molecular flexibility index (Phi) is 6.05. The first-order chi connectivity index (χ1) is 17.6. The molecule has 8 heteroatoms. The van der Waals surface area contributed by atoms with Gasteiger partial charge in [-0.25, -0.2) is 4.68 Å². The number of fused-ring (bicyclic) bond motifs is 1. The SMILES string of the molecule is Cc1cc(C)c2[nH]c(=O)c([C@H](c3nnnn3C3CCCC3)N3CCN(c4ccccc4)CC3)cc2c1. The van der Waals surface area contributed by atoms with Crippen molar-refractivity contribution in [1.82, 2.24) is 30.1 Å². The van der Waals surface area contributed by atoms with E-state index >= 15 is 0 Å². The minimum Gasteiger partial charge on any atom is -0.369 e. The first kappa shape index (κ1) is 22.9. The maximum atomic E-state index is 13.6. The second kappa shape index (κ2) is 9.50. The third-order valence-electron chi connectivity index (χ3n) is 7.85. The molecule has 3 heterocycles. The molecule has 4 aromatic rings. The Balaban J connectivity index is 1.42. The normalized spacial score (nSPS) is 18.2. The fourth-order valence-electron chi connectivity index (χ4n) is 6.07. The maximum absolute atomic E-state index is 13.6. The number of pyridine rings is 1. The number of rotatable bonds is 5. The fraction of sp³-hybridized carbons (Fsp3) is 0.429. The summed E-state index contributed by atoms with van der Waals surface area (Å²) < 4.78 is 2.01. The van der Waals surface area contributed by atoms with Gasteiger partial charge in [0.15, 0.2) is 5.82 Å². The summed E-state index contributed by atoms with van der Waals surface area (Å²) in [5, 5.41) is 14.1. The van der Waals surface area contributed by atoms with Crippen molar-refractivity contribution in [3.05, 3.63) is 81.4 Å². The molecule has 1 saturated heterocycles. The van der Waals surface area contributed by atoms with Gasteiger partial charge in [0.2, 0.25) is 0 Å². The Labute approximate surface area is 210 Å². The van der Waals surface area contributed by atoms with E-state index in [1.54, 1.807) is 0 Å². The highest BCUT2D eigenvalue weighted by Gasteiger charge is 2.34. The van der Waals surface area contributed by atoms with Crippen LogP contribution in [0.3, 0.4) is 0 Å². The number of H-pyrrole nitrogens is 1. The molecule has 2 fully saturated rings. The number of para-hydroxylation sites is 1. The zero-order chi connectivity index (χ0) is 24.6. The van der Waals surface area contributed by atoms with Crippen LogP contribution < -0.4 is 10.5 Å². The summed E-state index contributed by atoms with van der Waals surface area (Å²) in [4.78, 5) is 21.6. The van der Waals surface area contributed by atoms with Gasteiger partial charge in [-0.15, -0.1) is 5.10 Å². The zero-order valence-corrected chi connectivity index (χ0v) is 21.0. The Morgan fingerprint density at radius 2 is 1.72 bits per heavy atom. The number of hydrogen-bond acceptors (Lipinski definition) is 6. The molecule has 1 aliphatic carbocycles. The molecule has 0 spiro atoms. The monoisotopic (exact) mass is 483 g/mol. The van der Waals surface area contributed by atoms with Gasteiger partial charge in [-0.1, -0.05) is 42.7 Å². The molecule has 2 aliphatic rings. The predicted molar refractivity (Wildman–Crippen MR) is 141 cm³/mol. The second-order valence-electron chi connectivity index (χ2n) is 10.3. The van der Waals surface area contributed by atoms with Gasteiger partial charge in [0.05, 0.1) is 11.6 Å². The van der Waals surface area contributed by atoms with E-state index in [1.807, 2.05) is 17.7 Å². The molecule has 0 radical (unpaired) electrons. The molecule has 6 rings (SSSR count). The van der Waals surface area contributed by atoms with Crippen molar-refractivity contribution in [2.45, 2.75) is 51.6 Å². The number of aromatic amines is 1. The summed E-state index contributed by atoms with van der Waals surface area (Å²) in [6.07, 6.45) is 4.55. The van der Waals surface area contributed by atoms with Crippen LogP contribution in [0.1, 0.15) is 60.3 Å². The molecule has 2 aromatic carbocycles. The van der Waals surface area contributed by atoms with E-state index in [2.05, 4.69) is 79.7 Å². The van der Waals surface area contributed by atoms with Crippen LogP contribution in [0.15, 0.2) is 53.3 Å². The van der Waals surface area contributed by atoms with Crippen LogP contribution in [0.4, 0.5) is 5.69 Å². The van der Waals surface area contributed by atoms with Crippen LogP contribution >= 0.6 is 0 Å². The molecule has 36 heavy (non-hydrogen) atoms. The van der Waals surface area contributed by atoms with Crippen molar-refractivity contribution < 1.29 is 0 Å². The van der Waals surface area contributed by atoms with Crippen LogP contribution in [0.2, 0.25) is 0 Å². The topological polar surface area (TPSA) is 82.9 Å². The number of benzene rings is 2. The van der Waals surface area contributed by atoms with Crippen molar-refractivity contribution in [3.63, 3.8) is 0 Å². The Hall–Kier alpha value is -3.52. The molecule has 186 valence electrons. The van der Waals surface area contributed by atoms with Gasteiger partial charge in [0, 0.05) is 37.4 Å². The molecule has 1 aliphatic heterocycles. The molecule has 0 unspecified atom stereocenters. The highest BCUT2D eigenvalue weighted by atomic mass is 16.1. The van der Waals surface area contributed by atoms with Crippen LogP contribution in [-0.2, 0) is 0 Å². The van der Waals surface area contributed by atoms with E-state index in [0.717, 1.165) is 66.9 Å². The minimum absolute atomic E-state index is 0.0640. The highest BCUT2D eigenvalue weighted by Crippen LogP contribution is 2.34. The number of anilines is 1. The molecule has 0 bridgehead atoms. The quantitative estimate of drug-likeness (QED) is 0.459. The fourth-order valence-corrected chi connectivity index (χ4v) is 6.07. The lowest BCUT2D eigenvalue weighted by atomic mass is 10.00. The molecule has 1 saturated carbocycles. The zero-order valence-electron chi connectivity index (χ0n) is 21.0. The number of piperazine rings is 1. The van der Waals surface area contributed by atoms with Gasteiger partial charge in [-0.3, -0.25) is 9.69 Å². The largest absolute Gasteiger partial charge is 0.369 e. The molecule has 8 nitrogen and oxygen atoms in total. The molecule has 1 atom stereocenters. The smallest absolute Gasteiger partial charge is 0.253 e. The summed E-state index contributed by atoms with van der Waals surface area (Å²) in [5.41, 5.74) is 5.05. The number of hydrogen-bond donors (Lipinski definition) is 1. The predicted octanol–water partition coefficient (Wildman–Crippen LogP) is 4.16. The second-order valence-corrected chi connectivity index (χ2v) is 10.3. The van der Waals surface area contributed by atoms with Crippen LogP contribution in [0.25, 0.3) is 10.9 Å². The minimum atomic E-state index is -0.299. The van der Waals surface area contributed by atoms with Gasteiger partial charge in [0.25, 0.3) is 5.56 Å². The molecule has 0 amide bonds. The Bertz CT molecular complexity index is 1410. The van der Waals surface area contributed by atoms with Gasteiger partial charge >= 0.3 is 0 Å². The van der Waals surface area contributed by atoms with E-state index in [9.17, 15) is 4.79 Å². The summed E-state index contributed by atoms with van der Waals surface area (Å²) in [6.45, 7) is 7.55. The first-order valence-corrected chi connectivity index (χ1v) is 13.0. The standard InChI is InChI=1S/C28H33N7O/c1-19-16-20(2)25-21(17-19)18-24(28(36)29-25)26(27-30-31-32-35(27)23-10-6-7-11-23)34-14-12-33(13-15-34)22-8-4-3-5-9-22/h3-5,8-9,16-18,23,26H,6-7,10-15H2,1-2H3,(H,29,36)/t26-/m1/s1. The third kappa shape index (κ3) is 4.19.